The van der Waals surface area contributed by atoms with Crippen LogP contribution in [0.2, 0.25) is 0 Å². The molecule has 0 unspecified atom stereocenters. The smallest absolute Gasteiger partial charge is 0.256 e. The van der Waals surface area contributed by atoms with Crippen molar-refractivity contribution in [3.8, 4) is 28.8 Å². The molecule has 0 radical (unpaired) electrons. The van der Waals surface area contributed by atoms with Gasteiger partial charge in [-0.2, -0.15) is 0 Å². The molecule has 0 saturated heterocycles. The van der Waals surface area contributed by atoms with Gasteiger partial charge in [-0.05, 0) is 32.0 Å². The van der Waals surface area contributed by atoms with Gasteiger partial charge in [0.1, 0.15) is 18.2 Å². The monoisotopic (exact) mass is 335 g/mol. The number of halogens is 3. The first kappa shape index (κ1) is 17.7. The summed E-state index contributed by atoms with van der Waals surface area (Å²) < 4.78 is 46.1. The number of nitrogens with zero attached hydrogens (tertiary/aromatic N) is 1. The van der Waals surface area contributed by atoms with Crippen LogP contribution in [0.15, 0.2) is 35.1 Å². The first-order valence-electron chi connectivity index (χ1n) is 7.25. The summed E-state index contributed by atoms with van der Waals surface area (Å²) in [6.07, 6.45) is -2.72. The van der Waals surface area contributed by atoms with E-state index < -0.39 is 24.3 Å². The standard InChI is InChI=1S/C18H16F3NO2/c1-3-4-9-24-13-6-7-14(15(19)10-13)16-8-5-12(2)18(23)22(16)11-17(20)21/h5-8,10,17H,9,11H2,1-2H3. The van der Waals surface area contributed by atoms with Crippen LogP contribution in [0.3, 0.4) is 0 Å². The predicted octanol–water partition coefficient (Wildman–Crippen LogP) is 3.63. The quantitative estimate of drug-likeness (QED) is 0.782. The van der Waals surface area contributed by atoms with Crippen molar-refractivity contribution >= 4 is 0 Å². The third-order valence-electron chi connectivity index (χ3n) is 3.39. The molecular weight excluding hydrogens is 319 g/mol. The molecule has 0 aliphatic rings. The van der Waals surface area contributed by atoms with E-state index in [1.807, 2.05) is 0 Å². The minimum Gasteiger partial charge on any atom is -0.481 e. The molecule has 1 aromatic carbocycles. The molecule has 0 aliphatic heterocycles. The molecule has 0 bridgehead atoms. The van der Waals surface area contributed by atoms with E-state index in [-0.39, 0.29) is 23.6 Å². The van der Waals surface area contributed by atoms with E-state index in [2.05, 4.69) is 11.8 Å². The van der Waals surface area contributed by atoms with Gasteiger partial charge < -0.3 is 9.30 Å². The minimum absolute atomic E-state index is 0.0571. The number of hydrogen-bond donors (Lipinski definition) is 0. The van der Waals surface area contributed by atoms with E-state index in [9.17, 15) is 18.0 Å². The normalized spacial score (nSPS) is 10.4. The van der Waals surface area contributed by atoms with Crippen molar-refractivity contribution in [3.05, 3.63) is 52.1 Å². The highest BCUT2D eigenvalue weighted by Crippen LogP contribution is 2.26. The second kappa shape index (κ2) is 7.73. The summed E-state index contributed by atoms with van der Waals surface area (Å²) in [5.41, 5.74) is -0.0892. The number of aromatic nitrogens is 1. The predicted molar refractivity (Wildman–Crippen MR) is 85.8 cm³/mol. The van der Waals surface area contributed by atoms with E-state index >= 15 is 0 Å². The summed E-state index contributed by atoms with van der Waals surface area (Å²) in [5, 5.41) is 0. The van der Waals surface area contributed by atoms with Gasteiger partial charge in [0.2, 0.25) is 0 Å². The van der Waals surface area contributed by atoms with Crippen molar-refractivity contribution < 1.29 is 17.9 Å². The first-order chi connectivity index (χ1) is 11.4. The number of ether oxygens (including phenoxy) is 1. The second-order valence-electron chi connectivity index (χ2n) is 5.07. The average Bonchev–Trinajstić information content (AvgIpc) is 2.53. The summed E-state index contributed by atoms with van der Waals surface area (Å²) in [5.74, 6) is 4.94. The second-order valence-corrected chi connectivity index (χ2v) is 5.07. The molecule has 3 nitrogen and oxygen atoms in total. The van der Waals surface area contributed by atoms with Crippen molar-refractivity contribution in [2.75, 3.05) is 6.61 Å². The van der Waals surface area contributed by atoms with E-state index in [0.29, 0.717) is 5.56 Å². The number of hydrogen-bond acceptors (Lipinski definition) is 2. The molecule has 0 amide bonds. The summed E-state index contributed by atoms with van der Waals surface area (Å²) in [4.78, 5) is 12.1. The van der Waals surface area contributed by atoms with Gasteiger partial charge in [0, 0.05) is 17.2 Å². The van der Waals surface area contributed by atoms with Crippen LogP contribution in [-0.2, 0) is 6.54 Å². The van der Waals surface area contributed by atoms with Crippen molar-refractivity contribution in [2.45, 2.75) is 26.8 Å². The van der Waals surface area contributed by atoms with Gasteiger partial charge in [0.25, 0.3) is 12.0 Å². The molecule has 0 atom stereocenters. The van der Waals surface area contributed by atoms with Crippen molar-refractivity contribution in [1.82, 2.24) is 4.57 Å². The molecule has 2 rings (SSSR count). The zero-order valence-electron chi connectivity index (χ0n) is 13.3. The lowest BCUT2D eigenvalue weighted by atomic mass is 10.1. The van der Waals surface area contributed by atoms with Crippen LogP contribution in [0.1, 0.15) is 12.5 Å². The maximum absolute atomic E-state index is 14.4. The molecule has 1 aromatic heterocycles. The molecule has 0 saturated carbocycles. The highest BCUT2D eigenvalue weighted by atomic mass is 19.3. The Labute approximate surface area is 137 Å². The number of pyridine rings is 1. The Morgan fingerprint density at radius 2 is 2.00 bits per heavy atom. The maximum atomic E-state index is 14.4. The highest BCUT2D eigenvalue weighted by Gasteiger charge is 2.16. The van der Waals surface area contributed by atoms with Crippen LogP contribution in [0.5, 0.6) is 5.75 Å². The molecule has 0 spiro atoms. The van der Waals surface area contributed by atoms with Crippen LogP contribution < -0.4 is 10.3 Å². The summed E-state index contributed by atoms with van der Waals surface area (Å²) in [6, 6.07) is 6.99. The Bertz CT molecular complexity index is 848. The van der Waals surface area contributed by atoms with Crippen LogP contribution in [0, 0.1) is 24.6 Å². The SMILES string of the molecule is CC#CCOc1ccc(-c2ccc(C)c(=O)n2CC(F)F)c(F)c1. The van der Waals surface area contributed by atoms with Crippen molar-refractivity contribution in [1.29, 1.82) is 0 Å². The van der Waals surface area contributed by atoms with Gasteiger partial charge in [-0.15, -0.1) is 5.92 Å². The Hall–Kier alpha value is -2.68. The van der Waals surface area contributed by atoms with E-state index in [4.69, 9.17) is 4.74 Å². The summed E-state index contributed by atoms with van der Waals surface area (Å²) in [6.45, 7) is 2.51. The number of aryl methyl sites for hydroxylation is 1. The van der Waals surface area contributed by atoms with Gasteiger partial charge in [-0.1, -0.05) is 12.0 Å². The van der Waals surface area contributed by atoms with Crippen LogP contribution >= 0.6 is 0 Å². The van der Waals surface area contributed by atoms with Gasteiger partial charge in [0.15, 0.2) is 0 Å². The Kier molecular flexibility index (Phi) is 5.69. The lowest BCUT2D eigenvalue weighted by Gasteiger charge is -2.14. The molecule has 0 N–H and O–H groups in total. The highest BCUT2D eigenvalue weighted by molar-refractivity contribution is 5.62. The van der Waals surface area contributed by atoms with Gasteiger partial charge in [-0.25, -0.2) is 13.2 Å². The molecular formula is C18H16F3NO2. The van der Waals surface area contributed by atoms with Crippen LogP contribution in [0.25, 0.3) is 11.3 Å². The third-order valence-corrected chi connectivity index (χ3v) is 3.39. The Morgan fingerprint density at radius 1 is 1.25 bits per heavy atom. The minimum atomic E-state index is -2.72. The number of alkyl halides is 2. The number of rotatable bonds is 5. The molecule has 0 fully saturated rings. The van der Waals surface area contributed by atoms with E-state index in [1.54, 1.807) is 6.92 Å². The zero-order valence-corrected chi connectivity index (χ0v) is 13.3. The van der Waals surface area contributed by atoms with Gasteiger partial charge in [-0.3, -0.25) is 4.79 Å². The van der Waals surface area contributed by atoms with E-state index in [0.717, 1.165) is 10.6 Å². The zero-order chi connectivity index (χ0) is 17.7. The molecule has 2 aromatic rings. The molecule has 6 heteroatoms. The fraction of sp³-hybridized carbons (Fsp3) is 0.278. The van der Waals surface area contributed by atoms with Gasteiger partial charge >= 0.3 is 0 Å². The molecule has 24 heavy (non-hydrogen) atoms. The van der Waals surface area contributed by atoms with Crippen molar-refractivity contribution in [3.63, 3.8) is 0 Å². The van der Waals surface area contributed by atoms with Crippen LogP contribution in [-0.4, -0.2) is 17.6 Å². The molecule has 126 valence electrons. The van der Waals surface area contributed by atoms with Crippen molar-refractivity contribution in [2.24, 2.45) is 0 Å². The topological polar surface area (TPSA) is 31.2 Å². The average molecular weight is 335 g/mol. The fourth-order valence-electron chi connectivity index (χ4n) is 2.23. The Morgan fingerprint density at radius 3 is 2.62 bits per heavy atom. The van der Waals surface area contributed by atoms with E-state index in [1.165, 1.54) is 31.2 Å². The molecule has 0 aliphatic carbocycles. The summed E-state index contributed by atoms with van der Waals surface area (Å²) in [7, 11) is 0. The number of benzene rings is 1. The van der Waals surface area contributed by atoms with Gasteiger partial charge in [0.05, 0.1) is 12.2 Å². The lowest BCUT2D eigenvalue weighted by molar-refractivity contribution is 0.125. The first-order valence-corrected chi connectivity index (χ1v) is 7.25. The fourth-order valence-corrected chi connectivity index (χ4v) is 2.23. The largest absolute Gasteiger partial charge is 0.481 e. The lowest BCUT2D eigenvalue weighted by Crippen LogP contribution is -2.26. The summed E-state index contributed by atoms with van der Waals surface area (Å²) >= 11 is 0. The Balaban J connectivity index is 2.46. The third kappa shape index (κ3) is 3.99. The maximum Gasteiger partial charge on any atom is 0.256 e. The van der Waals surface area contributed by atoms with Crippen LogP contribution in [0.4, 0.5) is 13.2 Å². The molecule has 1 heterocycles.